The van der Waals surface area contributed by atoms with Gasteiger partial charge in [-0.2, -0.15) is 0 Å². The van der Waals surface area contributed by atoms with Crippen molar-refractivity contribution in [3.05, 3.63) is 65.2 Å². The van der Waals surface area contributed by atoms with E-state index in [9.17, 15) is 9.59 Å². The second-order valence-electron chi connectivity index (χ2n) is 6.56. The molecule has 4 heteroatoms. The quantitative estimate of drug-likeness (QED) is 0.852. The second-order valence-corrected chi connectivity index (χ2v) is 6.56. The zero-order valence-corrected chi connectivity index (χ0v) is 14.8. The first-order valence-electron chi connectivity index (χ1n) is 8.82. The average molecular weight is 336 g/mol. The minimum absolute atomic E-state index is 0.106. The zero-order valence-electron chi connectivity index (χ0n) is 14.8. The van der Waals surface area contributed by atoms with E-state index in [0.717, 1.165) is 23.2 Å². The molecule has 4 nitrogen and oxygen atoms in total. The molecule has 0 radical (unpaired) electrons. The van der Waals surface area contributed by atoms with Crippen molar-refractivity contribution in [2.24, 2.45) is 5.92 Å². The van der Waals surface area contributed by atoms with Crippen molar-refractivity contribution < 1.29 is 9.59 Å². The predicted molar refractivity (Wildman–Crippen MR) is 99.3 cm³/mol. The van der Waals surface area contributed by atoms with Crippen molar-refractivity contribution in [3.8, 4) is 0 Å². The molecule has 130 valence electrons. The van der Waals surface area contributed by atoms with Crippen molar-refractivity contribution in [3.63, 3.8) is 0 Å². The molecule has 1 aliphatic rings. The number of carbonyl (C=O) groups excluding carboxylic acids is 2. The molecule has 0 unspecified atom stereocenters. The van der Waals surface area contributed by atoms with Gasteiger partial charge in [0, 0.05) is 18.8 Å². The van der Waals surface area contributed by atoms with Crippen LogP contribution >= 0.6 is 0 Å². The van der Waals surface area contributed by atoms with Crippen LogP contribution in [0, 0.1) is 12.8 Å². The Balaban J connectivity index is 1.61. The molecule has 0 spiro atoms. The number of aryl methyl sites for hydroxylation is 2. The van der Waals surface area contributed by atoms with Gasteiger partial charge in [0.1, 0.15) is 5.92 Å². The molecule has 3 rings (SSSR count). The number of anilines is 1. The maximum atomic E-state index is 12.6. The van der Waals surface area contributed by atoms with E-state index >= 15 is 0 Å². The van der Waals surface area contributed by atoms with E-state index in [4.69, 9.17) is 0 Å². The highest BCUT2D eigenvalue weighted by atomic mass is 16.2. The third-order valence-corrected chi connectivity index (χ3v) is 4.73. The van der Waals surface area contributed by atoms with Crippen molar-refractivity contribution in [2.75, 3.05) is 11.4 Å². The Morgan fingerprint density at radius 2 is 1.92 bits per heavy atom. The number of hydrogen-bond donors (Lipinski definition) is 1. The number of nitrogens with one attached hydrogen (secondary N) is 1. The summed E-state index contributed by atoms with van der Waals surface area (Å²) < 4.78 is 0. The SMILES string of the molecule is CCc1ccc(N2CC[C@@H](C(=O)NCc3cccc(C)c3)C2=O)cc1. The summed E-state index contributed by atoms with van der Waals surface area (Å²) in [5.41, 5.74) is 4.32. The molecule has 25 heavy (non-hydrogen) atoms. The molecule has 0 saturated carbocycles. The molecule has 1 aliphatic heterocycles. The van der Waals surface area contributed by atoms with Crippen LogP contribution in [0.3, 0.4) is 0 Å². The molecule has 1 atom stereocenters. The lowest BCUT2D eigenvalue weighted by molar-refractivity contribution is -0.132. The highest BCUT2D eigenvalue weighted by Gasteiger charge is 2.37. The number of carbonyl (C=O) groups is 2. The summed E-state index contributed by atoms with van der Waals surface area (Å²) in [4.78, 5) is 26.8. The highest BCUT2D eigenvalue weighted by Crippen LogP contribution is 2.26. The summed E-state index contributed by atoms with van der Waals surface area (Å²) in [5.74, 6) is -0.874. The lowest BCUT2D eigenvalue weighted by Crippen LogP contribution is -2.36. The Morgan fingerprint density at radius 3 is 2.60 bits per heavy atom. The molecule has 0 aliphatic carbocycles. The zero-order chi connectivity index (χ0) is 17.8. The molecular formula is C21H24N2O2. The van der Waals surface area contributed by atoms with Crippen LogP contribution in [-0.2, 0) is 22.6 Å². The van der Waals surface area contributed by atoms with E-state index in [0.29, 0.717) is 19.5 Å². The topological polar surface area (TPSA) is 49.4 Å². The van der Waals surface area contributed by atoms with Gasteiger partial charge in [-0.05, 0) is 43.0 Å². The largest absolute Gasteiger partial charge is 0.351 e. The van der Waals surface area contributed by atoms with Crippen molar-refractivity contribution in [2.45, 2.75) is 33.2 Å². The van der Waals surface area contributed by atoms with Gasteiger partial charge in [0.2, 0.25) is 11.8 Å². The van der Waals surface area contributed by atoms with Crippen molar-refractivity contribution in [1.82, 2.24) is 5.32 Å². The summed E-state index contributed by atoms with van der Waals surface area (Å²) in [5, 5.41) is 2.90. The lowest BCUT2D eigenvalue weighted by Gasteiger charge is -2.17. The highest BCUT2D eigenvalue weighted by molar-refractivity contribution is 6.09. The van der Waals surface area contributed by atoms with Gasteiger partial charge in [-0.1, -0.05) is 48.9 Å². The van der Waals surface area contributed by atoms with Gasteiger partial charge in [-0.25, -0.2) is 0 Å². The van der Waals surface area contributed by atoms with E-state index in [1.807, 2.05) is 55.5 Å². The lowest BCUT2D eigenvalue weighted by atomic mass is 10.1. The average Bonchev–Trinajstić information content (AvgIpc) is 3.01. The Hall–Kier alpha value is -2.62. The first-order valence-corrected chi connectivity index (χ1v) is 8.82. The fraction of sp³-hybridized carbons (Fsp3) is 0.333. The summed E-state index contributed by atoms with van der Waals surface area (Å²) in [6.45, 7) is 5.17. The molecule has 2 aromatic carbocycles. The number of nitrogens with zero attached hydrogens (tertiary/aromatic N) is 1. The van der Waals surface area contributed by atoms with Crippen molar-refractivity contribution >= 4 is 17.5 Å². The molecule has 0 bridgehead atoms. The van der Waals surface area contributed by atoms with E-state index < -0.39 is 5.92 Å². The minimum Gasteiger partial charge on any atom is -0.351 e. The van der Waals surface area contributed by atoms with Gasteiger partial charge in [0.25, 0.3) is 0 Å². The monoisotopic (exact) mass is 336 g/mol. The fourth-order valence-electron chi connectivity index (χ4n) is 3.23. The van der Waals surface area contributed by atoms with E-state index in [1.54, 1.807) is 4.90 Å². The van der Waals surface area contributed by atoms with Crippen LogP contribution in [0.1, 0.15) is 30.0 Å². The van der Waals surface area contributed by atoms with Gasteiger partial charge in [0.05, 0.1) is 0 Å². The van der Waals surface area contributed by atoms with Gasteiger partial charge in [-0.15, -0.1) is 0 Å². The van der Waals surface area contributed by atoms with E-state index in [2.05, 4.69) is 12.2 Å². The van der Waals surface area contributed by atoms with Crippen LogP contribution in [0.15, 0.2) is 48.5 Å². The third kappa shape index (κ3) is 3.90. The molecule has 1 saturated heterocycles. The van der Waals surface area contributed by atoms with Crippen LogP contribution in [-0.4, -0.2) is 18.4 Å². The number of rotatable bonds is 5. The van der Waals surface area contributed by atoms with Gasteiger partial charge in [0.15, 0.2) is 0 Å². The first-order chi connectivity index (χ1) is 12.1. The molecule has 2 aromatic rings. The van der Waals surface area contributed by atoms with Crippen molar-refractivity contribution in [1.29, 1.82) is 0 Å². The number of hydrogen-bond acceptors (Lipinski definition) is 2. The van der Waals surface area contributed by atoms with E-state index in [1.165, 1.54) is 5.56 Å². The summed E-state index contributed by atoms with van der Waals surface area (Å²) in [6, 6.07) is 16.0. The van der Waals surface area contributed by atoms with Crippen LogP contribution in [0.5, 0.6) is 0 Å². The second kappa shape index (κ2) is 7.51. The Kier molecular flexibility index (Phi) is 5.17. The van der Waals surface area contributed by atoms with E-state index in [-0.39, 0.29) is 11.8 Å². The standard InChI is InChI=1S/C21H24N2O2/c1-3-16-7-9-18(10-8-16)23-12-11-19(21(23)25)20(24)22-14-17-6-4-5-15(2)13-17/h4-10,13,19H,3,11-12,14H2,1-2H3,(H,22,24)/t19-/m0/s1. The summed E-state index contributed by atoms with van der Waals surface area (Å²) in [6.07, 6.45) is 1.53. The van der Waals surface area contributed by atoms with Crippen LogP contribution < -0.4 is 10.2 Å². The molecular weight excluding hydrogens is 312 g/mol. The van der Waals surface area contributed by atoms with Gasteiger partial charge in [-0.3, -0.25) is 9.59 Å². The maximum Gasteiger partial charge on any atom is 0.239 e. The molecule has 1 N–H and O–H groups in total. The molecule has 2 amide bonds. The normalized spacial score (nSPS) is 17.0. The fourth-order valence-corrected chi connectivity index (χ4v) is 3.23. The summed E-state index contributed by atoms with van der Waals surface area (Å²) in [7, 11) is 0. The Labute approximate surface area is 148 Å². The predicted octanol–water partition coefficient (Wildman–Crippen LogP) is 3.23. The van der Waals surface area contributed by atoms with Gasteiger partial charge >= 0.3 is 0 Å². The number of amides is 2. The smallest absolute Gasteiger partial charge is 0.239 e. The first kappa shape index (κ1) is 17.2. The van der Waals surface area contributed by atoms with Crippen LogP contribution in [0.4, 0.5) is 5.69 Å². The molecule has 1 heterocycles. The Morgan fingerprint density at radius 1 is 1.16 bits per heavy atom. The minimum atomic E-state index is -0.587. The van der Waals surface area contributed by atoms with Crippen LogP contribution in [0.25, 0.3) is 0 Å². The molecule has 0 aromatic heterocycles. The van der Waals surface area contributed by atoms with Crippen LogP contribution in [0.2, 0.25) is 0 Å². The third-order valence-electron chi connectivity index (χ3n) is 4.73. The molecule has 1 fully saturated rings. The maximum absolute atomic E-state index is 12.6. The summed E-state index contributed by atoms with van der Waals surface area (Å²) >= 11 is 0. The van der Waals surface area contributed by atoms with Gasteiger partial charge < -0.3 is 10.2 Å². The Bertz CT molecular complexity index is 768. The number of benzene rings is 2.